The van der Waals surface area contributed by atoms with Gasteiger partial charge >= 0.3 is 0 Å². The van der Waals surface area contributed by atoms with Gasteiger partial charge in [-0.1, -0.05) is 18.2 Å². The van der Waals surface area contributed by atoms with Crippen LogP contribution >= 0.6 is 0 Å². The Morgan fingerprint density at radius 2 is 2.16 bits per heavy atom. The molecule has 0 amide bonds. The maximum Gasteiger partial charge on any atom is 0.252 e. The van der Waals surface area contributed by atoms with Crippen LogP contribution in [0.3, 0.4) is 0 Å². The van der Waals surface area contributed by atoms with Crippen LogP contribution in [0.25, 0.3) is 10.9 Å². The molecule has 0 bridgehead atoms. The van der Waals surface area contributed by atoms with Gasteiger partial charge in [0.1, 0.15) is 5.76 Å². The molecule has 5 rings (SSSR count). The topological polar surface area (TPSA) is 102 Å². The summed E-state index contributed by atoms with van der Waals surface area (Å²) in [7, 11) is 0. The molecule has 3 aromatic heterocycles. The Balaban J connectivity index is 1.41. The first-order valence-electron chi connectivity index (χ1n) is 10.9. The normalized spacial score (nSPS) is 16.4. The Bertz CT molecular complexity index is 1240. The number of furan rings is 1. The molecule has 1 aliphatic rings. The minimum Gasteiger partial charge on any atom is -0.468 e. The second-order valence-corrected chi connectivity index (χ2v) is 8.30. The lowest BCUT2D eigenvalue weighted by Gasteiger charge is -2.21. The molecule has 0 spiro atoms. The van der Waals surface area contributed by atoms with Gasteiger partial charge in [-0.25, -0.2) is 4.68 Å². The number of aromatic amines is 1. The molecule has 4 aromatic rings. The van der Waals surface area contributed by atoms with Gasteiger partial charge in [-0.05, 0) is 59.3 Å². The predicted octanol–water partition coefficient (Wildman–Crippen LogP) is 2.80. The van der Waals surface area contributed by atoms with E-state index < -0.39 is 0 Å². The highest BCUT2D eigenvalue weighted by molar-refractivity contribution is 5.81. The highest BCUT2D eigenvalue weighted by Crippen LogP contribution is 2.18. The number of rotatable bonds is 8. The van der Waals surface area contributed by atoms with Crippen molar-refractivity contribution < 1.29 is 9.15 Å². The van der Waals surface area contributed by atoms with Crippen LogP contribution in [0.4, 0.5) is 0 Å². The number of hydrogen-bond donors (Lipinski definition) is 1. The summed E-state index contributed by atoms with van der Waals surface area (Å²) in [6.07, 6.45) is 3.88. The van der Waals surface area contributed by atoms with Crippen LogP contribution in [-0.4, -0.2) is 42.8 Å². The molecular weight excluding hydrogens is 408 g/mol. The van der Waals surface area contributed by atoms with Crippen molar-refractivity contribution in [2.24, 2.45) is 0 Å². The quantitative estimate of drug-likeness (QED) is 0.455. The average molecular weight is 435 g/mol. The van der Waals surface area contributed by atoms with E-state index >= 15 is 0 Å². The van der Waals surface area contributed by atoms with Crippen LogP contribution in [0, 0.1) is 6.92 Å². The van der Waals surface area contributed by atoms with Crippen molar-refractivity contribution in [2.75, 3.05) is 6.61 Å². The van der Waals surface area contributed by atoms with E-state index in [2.05, 4.69) is 25.4 Å². The fourth-order valence-corrected chi connectivity index (χ4v) is 4.24. The van der Waals surface area contributed by atoms with Crippen molar-refractivity contribution in [3.05, 3.63) is 75.7 Å². The van der Waals surface area contributed by atoms with E-state index in [1.807, 2.05) is 43.3 Å². The summed E-state index contributed by atoms with van der Waals surface area (Å²) in [4.78, 5) is 18.0. The molecule has 166 valence electrons. The van der Waals surface area contributed by atoms with E-state index in [-0.39, 0.29) is 11.7 Å². The number of benzene rings is 1. The molecule has 1 fully saturated rings. The van der Waals surface area contributed by atoms with Crippen molar-refractivity contribution in [1.29, 1.82) is 0 Å². The zero-order valence-corrected chi connectivity index (χ0v) is 18.0. The maximum atomic E-state index is 12.9. The fraction of sp³-hybridized carbons (Fsp3) is 0.391. The summed E-state index contributed by atoms with van der Waals surface area (Å²) >= 11 is 0. The van der Waals surface area contributed by atoms with Gasteiger partial charge in [-0.2, -0.15) is 0 Å². The third-order valence-corrected chi connectivity index (χ3v) is 5.89. The highest BCUT2D eigenvalue weighted by atomic mass is 16.5. The number of nitrogens with zero attached hydrogens (tertiary/aromatic N) is 5. The third-order valence-electron chi connectivity index (χ3n) is 5.89. The Morgan fingerprint density at radius 3 is 2.97 bits per heavy atom. The van der Waals surface area contributed by atoms with Gasteiger partial charge < -0.3 is 14.1 Å². The molecule has 1 saturated heterocycles. The first kappa shape index (κ1) is 20.6. The summed E-state index contributed by atoms with van der Waals surface area (Å²) in [5.41, 5.74) is 2.52. The number of tetrazole rings is 1. The molecule has 0 aliphatic carbocycles. The number of pyridine rings is 1. The van der Waals surface area contributed by atoms with Gasteiger partial charge in [-0.3, -0.25) is 9.69 Å². The van der Waals surface area contributed by atoms with E-state index in [1.54, 1.807) is 10.9 Å². The lowest BCUT2D eigenvalue weighted by Crippen LogP contribution is -2.28. The summed E-state index contributed by atoms with van der Waals surface area (Å²) in [6.45, 7) is 4.86. The molecule has 1 atom stereocenters. The molecule has 4 heterocycles. The zero-order valence-electron chi connectivity index (χ0n) is 18.0. The summed E-state index contributed by atoms with van der Waals surface area (Å²) in [5, 5.41) is 13.3. The Labute approximate surface area is 185 Å². The standard InChI is InChI=1S/C23H26N6O3/c1-16-5-2-6-17-11-18(23(30)24-22(16)17)12-28(13-19-7-3-9-31-19)15-21-25-26-27-29(21)14-20-8-4-10-32-20/h2-3,5-7,9,11,20H,4,8,10,12-15H2,1H3,(H,24,30)/t20-/m0/s1. The van der Waals surface area contributed by atoms with Gasteiger partial charge in [0.05, 0.1) is 37.5 Å². The zero-order chi connectivity index (χ0) is 21.9. The predicted molar refractivity (Wildman–Crippen MR) is 118 cm³/mol. The van der Waals surface area contributed by atoms with Gasteiger partial charge in [0.15, 0.2) is 5.82 Å². The first-order chi connectivity index (χ1) is 15.7. The lowest BCUT2D eigenvalue weighted by molar-refractivity contribution is 0.0913. The molecule has 32 heavy (non-hydrogen) atoms. The number of para-hydroxylation sites is 1. The van der Waals surface area contributed by atoms with Crippen LogP contribution < -0.4 is 5.56 Å². The highest BCUT2D eigenvalue weighted by Gasteiger charge is 2.21. The van der Waals surface area contributed by atoms with Gasteiger partial charge in [-0.15, -0.1) is 5.10 Å². The van der Waals surface area contributed by atoms with Crippen LogP contribution in [0.15, 0.2) is 51.9 Å². The summed E-state index contributed by atoms with van der Waals surface area (Å²) in [6, 6.07) is 11.8. The van der Waals surface area contributed by atoms with E-state index in [0.29, 0.717) is 31.7 Å². The number of aromatic nitrogens is 5. The third kappa shape index (κ3) is 4.49. The lowest BCUT2D eigenvalue weighted by atomic mass is 10.1. The maximum absolute atomic E-state index is 12.9. The van der Waals surface area contributed by atoms with Crippen molar-refractivity contribution in [2.45, 2.75) is 52.0 Å². The van der Waals surface area contributed by atoms with E-state index in [9.17, 15) is 4.79 Å². The second kappa shape index (κ2) is 9.05. The minimum atomic E-state index is -0.0878. The number of ether oxygens (including phenoxy) is 1. The number of aryl methyl sites for hydroxylation is 1. The van der Waals surface area contributed by atoms with Crippen LogP contribution in [-0.2, 0) is 30.9 Å². The molecule has 0 unspecified atom stereocenters. The van der Waals surface area contributed by atoms with E-state index in [1.165, 1.54) is 0 Å². The molecule has 0 radical (unpaired) electrons. The van der Waals surface area contributed by atoms with Crippen LogP contribution in [0.2, 0.25) is 0 Å². The largest absolute Gasteiger partial charge is 0.468 e. The Morgan fingerprint density at radius 1 is 1.22 bits per heavy atom. The minimum absolute atomic E-state index is 0.0878. The van der Waals surface area contributed by atoms with Crippen LogP contribution in [0.1, 0.15) is 35.6 Å². The van der Waals surface area contributed by atoms with Crippen molar-refractivity contribution in [3.8, 4) is 0 Å². The van der Waals surface area contributed by atoms with Crippen LogP contribution in [0.5, 0.6) is 0 Å². The number of nitrogens with one attached hydrogen (secondary N) is 1. The summed E-state index contributed by atoms with van der Waals surface area (Å²) < 4.78 is 13.1. The van der Waals surface area contributed by atoms with Crippen molar-refractivity contribution in [3.63, 3.8) is 0 Å². The SMILES string of the molecule is Cc1cccc2cc(CN(Cc3ccco3)Cc3nnnn3C[C@@H]3CCCO3)c(=O)[nH]c12. The molecule has 1 aliphatic heterocycles. The fourth-order valence-electron chi connectivity index (χ4n) is 4.24. The Kier molecular flexibility index (Phi) is 5.83. The Hall–Kier alpha value is -3.30. The number of fused-ring (bicyclic) bond motifs is 1. The number of H-pyrrole nitrogens is 1. The van der Waals surface area contributed by atoms with Gasteiger partial charge in [0.25, 0.3) is 5.56 Å². The first-order valence-corrected chi connectivity index (χ1v) is 10.9. The monoisotopic (exact) mass is 434 g/mol. The second-order valence-electron chi connectivity index (χ2n) is 8.30. The van der Waals surface area contributed by atoms with E-state index in [4.69, 9.17) is 9.15 Å². The molecule has 0 saturated carbocycles. The molecule has 1 aromatic carbocycles. The molecule has 9 nitrogen and oxygen atoms in total. The smallest absolute Gasteiger partial charge is 0.252 e. The number of hydrogen-bond acceptors (Lipinski definition) is 7. The molecular formula is C23H26N6O3. The van der Waals surface area contributed by atoms with Crippen molar-refractivity contribution >= 4 is 10.9 Å². The van der Waals surface area contributed by atoms with E-state index in [0.717, 1.165) is 47.5 Å². The summed E-state index contributed by atoms with van der Waals surface area (Å²) in [5.74, 6) is 1.55. The molecule has 1 N–H and O–H groups in total. The van der Waals surface area contributed by atoms with Crippen molar-refractivity contribution in [1.82, 2.24) is 30.1 Å². The van der Waals surface area contributed by atoms with Gasteiger partial charge in [0.2, 0.25) is 0 Å². The average Bonchev–Trinajstić information content (AvgIpc) is 3.54. The molecule has 9 heteroatoms. The van der Waals surface area contributed by atoms with Gasteiger partial charge in [0, 0.05) is 18.7 Å².